The van der Waals surface area contributed by atoms with Crippen LogP contribution >= 0.6 is 0 Å². The molecule has 1 saturated heterocycles. The van der Waals surface area contributed by atoms with Crippen LogP contribution in [0.25, 0.3) is 0 Å². The lowest BCUT2D eigenvalue weighted by molar-refractivity contribution is -0.119. The third-order valence-corrected chi connectivity index (χ3v) is 4.77. The van der Waals surface area contributed by atoms with Crippen LogP contribution in [0.2, 0.25) is 0 Å². The minimum Gasteiger partial charge on any atom is -0.370 e. The number of benzene rings is 1. The van der Waals surface area contributed by atoms with Gasteiger partial charge in [0.25, 0.3) is 0 Å². The number of nitrogens with zero attached hydrogens (tertiary/aromatic N) is 2. The molecule has 1 aliphatic heterocycles. The second-order valence-electron chi connectivity index (χ2n) is 7.85. The molecule has 1 fully saturated rings. The number of rotatable bonds is 6. The van der Waals surface area contributed by atoms with Crippen molar-refractivity contribution in [1.82, 2.24) is 10.2 Å². The highest BCUT2D eigenvalue weighted by atomic mass is 16.1. The Kier molecular flexibility index (Phi) is 6.85. The molecule has 3 N–H and O–H groups in total. The van der Waals surface area contributed by atoms with Crippen LogP contribution in [0.4, 0.5) is 0 Å². The fourth-order valence-electron chi connectivity index (χ4n) is 3.57. The van der Waals surface area contributed by atoms with E-state index in [0.717, 1.165) is 44.9 Å². The van der Waals surface area contributed by atoms with Gasteiger partial charge >= 0.3 is 0 Å². The summed E-state index contributed by atoms with van der Waals surface area (Å²) in [6.07, 6.45) is 3.62. The van der Waals surface area contributed by atoms with E-state index in [-0.39, 0.29) is 11.3 Å². The first kappa shape index (κ1) is 19.3. The van der Waals surface area contributed by atoms with Crippen LogP contribution in [0.15, 0.2) is 35.3 Å². The van der Waals surface area contributed by atoms with Crippen molar-refractivity contribution in [2.24, 2.45) is 22.1 Å². The molecule has 0 bridgehead atoms. The van der Waals surface area contributed by atoms with E-state index in [1.807, 2.05) is 7.05 Å². The standard InChI is InChI=1S/C20H32N4O/c1-20(2,13-16-8-5-4-6-9-16)15-23-19(22-3)24-11-7-10-17(14-24)12-18(21)25/h4-6,8-9,17H,7,10-15H2,1-3H3,(H2,21,25)(H,22,23). The van der Waals surface area contributed by atoms with Gasteiger partial charge in [0, 0.05) is 33.1 Å². The Bertz CT molecular complexity index is 583. The van der Waals surface area contributed by atoms with E-state index in [4.69, 9.17) is 5.73 Å². The molecule has 0 radical (unpaired) electrons. The number of likely N-dealkylation sites (tertiary alicyclic amines) is 1. The molecule has 1 unspecified atom stereocenters. The molecule has 1 aliphatic rings. The summed E-state index contributed by atoms with van der Waals surface area (Å²) in [6.45, 7) is 7.22. The van der Waals surface area contributed by atoms with Gasteiger partial charge in [-0.15, -0.1) is 0 Å². The van der Waals surface area contributed by atoms with Gasteiger partial charge in [-0.2, -0.15) is 0 Å². The number of carbonyl (C=O) groups excluding carboxylic acids is 1. The van der Waals surface area contributed by atoms with Crippen molar-refractivity contribution >= 4 is 11.9 Å². The van der Waals surface area contributed by atoms with Crippen molar-refractivity contribution in [2.45, 2.75) is 39.5 Å². The van der Waals surface area contributed by atoms with Gasteiger partial charge in [0.1, 0.15) is 0 Å². The number of guanidine groups is 1. The molecule has 1 heterocycles. The molecule has 138 valence electrons. The maximum absolute atomic E-state index is 11.2. The monoisotopic (exact) mass is 344 g/mol. The fourth-order valence-corrected chi connectivity index (χ4v) is 3.57. The van der Waals surface area contributed by atoms with E-state index in [0.29, 0.717) is 12.3 Å². The first-order valence-electron chi connectivity index (χ1n) is 9.17. The molecule has 1 amide bonds. The minimum absolute atomic E-state index is 0.125. The highest BCUT2D eigenvalue weighted by Gasteiger charge is 2.25. The molecular weight excluding hydrogens is 312 g/mol. The van der Waals surface area contributed by atoms with Crippen molar-refractivity contribution in [1.29, 1.82) is 0 Å². The summed E-state index contributed by atoms with van der Waals surface area (Å²) in [5.41, 5.74) is 6.84. The molecule has 0 aromatic heterocycles. The second kappa shape index (κ2) is 8.88. The van der Waals surface area contributed by atoms with E-state index in [1.54, 1.807) is 0 Å². The third-order valence-electron chi connectivity index (χ3n) is 4.77. The third kappa shape index (κ3) is 6.40. The Balaban J connectivity index is 1.89. The predicted molar refractivity (Wildman–Crippen MR) is 103 cm³/mol. The summed E-state index contributed by atoms with van der Waals surface area (Å²) in [4.78, 5) is 17.9. The number of nitrogens with two attached hydrogens (primary N) is 1. The predicted octanol–water partition coefficient (Wildman–Crippen LogP) is 2.42. The summed E-state index contributed by atoms with van der Waals surface area (Å²) in [5.74, 6) is 1.05. The minimum atomic E-state index is -0.209. The maximum Gasteiger partial charge on any atom is 0.217 e. The second-order valence-corrected chi connectivity index (χ2v) is 7.85. The molecule has 5 nitrogen and oxygen atoms in total. The molecule has 1 atom stereocenters. The number of hydrogen-bond donors (Lipinski definition) is 2. The van der Waals surface area contributed by atoms with Gasteiger partial charge < -0.3 is 16.0 Å². The molecule has 1 aromatic rings. The van der Waals surface area contributed by atoms with Gasteiger partial charge in [0.2, 0.25) is 5.91 Å². The molecule has 1 aromatic carbocycles. The summed E-state index contributed by atoms with van der Waals surface area (Å²) in [6, 6.07) is 10.6. The molecule has 25 heavy (non-hydrogen) atoms. The lowest BCUT2D eigenvalue weighted by atomic mass is 9.85. The highest BCUT2D eigenvalue weighted by Crippen LogP contribution is 2.22. The van der Waals surface area contributed by atoms with Gasteiger partial charge in [0.15, 0.2) is 5.96 Å². The Morgan fingerprint density at radius 2 is 2.08 bits per heavy atom. The zero-order valence-corrected chi connectivity index (χ0v) is 15.8. The van der Waals surface area contributed by atoms with Crippen LogP contribution < -0.4 is 11.1 Å². The van der Waals surface area contributed by atoms with E-state index >= 15 is 0 Å². The van der Waals surface area contributed by atoms with Crippen LogP contribution in [-0.2, 0) is 11.2 Å². The van der Waals surface area contributed by atoms with E-state index < -0.39 is 0 Å². The highest BCUT2D eigenvalue weighted by molar-refractivity contribution is 5.80. The largest absolute Gasteiger partial charge is 0.370 e. The molecule has 2 rings (SSSR count). The first-order chi connectivity index (χ1) is 11.9. The average Bonchev–Trinajstić information content (AvgIpc) is 2.55. The number of carbonyl (C=O) groups is 1. The van der Waals surface area contributed by atoms with Crippen molar-refractivity contribution < 1.29 is 4.79 Å². The molecular formula is C20H32N4O. The average molecular weight is 345 g/mol. The maximum atomic E-state index is 11.2. The summed E-state index contributed by atoms with van der Waals surface area (Å²) < 4.78 is 0. The van der Waals surface area contributed by atoms with Crippen molar-refractivity contribution in [3.05, 3.63) is 35.9 Å². The van der Waals surface area contributed by atoms with E-state index in [2.05, 4.69) is 59.4 Å². The number of hydrogen-bond acceptors (Lipinski definition) is 2. The van der Waals surface area contributed by atoms with Crippen molar-refractivity contribution in [2.75, 3.05) is 26.7 Å². The van der Waals surface area contributed by atoms with Gasteiger partial charge in [-0.25, -0.2) is 0 Å². The number of nitrogens with one attached hydrogen (secondary N) is 1. The van der Waals surface area contributed by atoms with Crippen molar-refractivity contribution in [3.8, 4) is 0 Å². The van der Waals surface area contributed by atoms with E-state index in [9.17, 15) is 4.79 Å². The number of aliphatic imine (C=N–C) groups is 1. The molecule has 0 spiro atoms. The molecule has 0 aliphatic carbocycles. The Hall–Kier alpha value is -2.04. The number of amides is 1. The lowest BCUT2D eigenvalue weighted by Crippen LogP contribution is -2.49. The number of primary amides is 1. The van der Waals surface area contributed by atoms with Gasteiger partial charge in [-0.1, -0.05) is 44.2 Å². The van der Waals surface area contributed by atoms with Crippen molar-refractivity contribution in [3.63, 3.8) is 0 Å². The topological polar surface area (TPSA) is 70.7 Å². The summed E-state index contributed by atoms with van der Waals surface area (Å²) in [7, 11) is 1.82. The SMILES string of the molecule is CN=C(NCC(C)(C)Cc1ccccc1)N1CCCC(CC(N)=O)C1. The molecule has 5 heteroatoms. The van der Waals surface area contributed by atoms with Crippen LogP contribution in [-0.4, -0.2) is 43.4 Å². The Labute approximate surface area is 151 Å². The smallest absolute Gasteiger partial charge is 0.217 e. The normalized spacial score (nSPS) is 18.9. The van der Waals surface area contributed by atoms with Gasteiger partial charge in [-0.05, 0) is 36.2 Å². The zero-order chi connectivity index (χ0) is 18.3. The van der Waals surface area contributed by atoms with Crippen LogP contribution in [0, 0.1) is 11.3 Å². The van der Waals surface area contributed by atoms with Gasteiger partial charge in [0.05, 0.1) is 0 Å². The van der Waals surface area contributed by atoms with Crippen LogP contribution in [0.1, 0.15) is 38.7 Å². The van der Waals surface area contributed by atoms with E-state index in [1.165, 1.54) is 5.56 Å². The summed E-state index contributed by atoms with van der Waals surface area (Å²) in [5, 5.41) is 3.53. The van der Waals surface area contributed by atoms with Gasteiger partial charge in [-0.3, -0.25) is 9.79 Å². The fraction of sp³-hybridized carbons (Fsp3) is 0.600. The summed E-state index contributed by atoms with van der Waals surface area (Å²) >= 11 is 0. The lowest BCUT2D eigenvalue weighted by Gasteiger charge is -2.36. The zero-order valence-electron chi connectivity index (χ0n) is 15.8. The van der Waals surface area contributed by atoms with Crippen LogP contribution in [0.5, 0.6) is 0 Å². The van der Waals surface area contributed by atoms with Crippen LogP contribution in [0.3, 0.4) is 0 Å². The number of piperidine rings is 1. The Morgan fingerprint density at radius 3 is 2.72 bits per heavy atom. The first-order valence-corrected chi connectivity index (χ1v) is 9.17. The molecule has 0 saturated carbocycles. The Morgan fingerprint density at radius 1 is 1.36 bits per heavy atom. The quantitative estimate of drug-likeness (QED) is 0.615.